The van der Waals surface area contributed by atoms with Gasteiger partial charge in [-0.05, 0) is 24.3 Å². The molecule has 118 valence electrons. The summed E-state index contributed by atoms with van der Waals surface area (Å²) in [5, 5.41) is 10.2. The molecule has 4 nitrogen and oxygen atoms in total. The third kappa shape index (κ3) is 5.43. The fraction of sp³-hybridized carbons (Fsp3) is 0.571. The molecule has 0 aromatic heterocycles. The van der Waals surface area contributed by atoms with E-state index in [0.29, 0.717) is 31.8 Å². The minimum atomic E-state index is -4.36. The van der Waals surface area contributed by atoms with Gasteiger partial charge in [-0.15, -0.1) is 0 Å². The lowest BCUT2D eigenvalue weighted by Crippen LogP contribution is -2.41. The lowest BCUT2D eigenvalue weighted by Gasteiger charge is -2.31. The molecular formula is C14H17F3O4. The van der Waals surface area contributed by atoms with Crippen LogP contribution in [0.25, 0.3) is 0 Å². The third-order valence-corrected chi connectivity index (χ3v) is 3.16. The molecule has 0 bridgehead atoms. The molecule has 0 radical (unpaired) electrons. The molecule has 1 aromatic rings. The van der Waals surface area contributed by atoms with Crippen molar-refractivity contribution < 1.29 is 32.5 Å². The molecule has 0 amide bonds. The maximum absolute atomic E-state index is 12.0. The van der Waals surface area contributed by atoms with Crippen LogP contribution in [0.5, 0.6) is 11.5 Å². The number of rotatable bonds is 5. The largest absolute Gasteiger partial charge is 0.491 e. The summed E-state index contributed by atoms with van der Waals surface area (Å²) in [6.45, 7) is -0.222. The summed E-state index contributed by atoms with van der Waals surface area (Å²) in [6.07, 6.45) is -3.36. The van der Waals surface area contributed by atoms with Crippen molar-refractivity contribution in [2.75, 3.05) is 26.4 Å². The first-order valence-corrected chi connectivity index (χ1v) is 6.59. The van der Waals surface area contributed by atoms with Gasteiger partial charge in [0.05, 0.1) is 0 Å². The number of alkyl halides is 3. The van der Waals surface area contributed by atoms with Crippen LogP contribution in [0.15, 0.2) is 24.3 Å². The molecule has 1 aliphatic rings. The zero-order chi connectivity index (χ0) is 15.3. The normalized spacial score (nSPS) is 18.3. The number of hydrogen-bond acceptors (Lipinski definition) is 4. The van der Waals surface area contributed by atoms with Gasteiger partial charge in [0.2, 0.25) is 0 Å². The van der Waals surface area contributed by atoms with Gasteiger partial charge in [0.15, 0.2) is 6.61 Å². The highest BCUT2D eigenvalue weighted by atomic mass is 19.4. The lowest BCUT2D eigenvalue weighted by molar-refractivity contribution is -0.153. The first kappa shape index (κ1) is 15.9. The third-order valence-electron chi connectivity index (χ3n) is 3.16. The van der Waals surface area contributed by atoms with Gasteiger partial charge in [-0.1, -0.05) is 0 Å². The van der Waals surface area contributed by atoms with E-state index in [1.54, 1.807) is 0 Å². The second-order valence-electron chi connectivity index (χ2n) is 5.00. The molecule has 21 heavy (non-hydrogen) atoms. The highest BCUT2D eigenvalue weighted by Crippen LogP contribution is 2.24. The summed E-state index contributed by atoms with van der Waals surface area (Å²) in [6, 6.07) is 5.81. The van der Waals surface area contributed by atoms with Gasteiger partial charge in [0.25, 0.3) is 0 Å². The summed E-state index contributed by atoms with van der Waals surface area (Å²) < 4.78 is 51.2. The molecular weight excluding hydrogens is 289 g/mol. The molecule has 1 aliphatic heterocycles. The maximum Gasteiger partial charge on any atom is 0.422 e. The van der Waals surface area contributed by atoms with Crippen molar-refractivity contribution >= 4 is 0 Å². The van der Waals surface area contributed by atoms with Crippen LogP contribution in [-0.2, 0) is 4.74 Å². The molecule has 1 saturated heterocycles. The topological polar surface area (TPSA) is 47.9 Å². The van der Waals surface area contributed by atoms with Gasteiger partial charge in [0.1, 0.15) is 23.7 Å². The van der Waals surface area contributed by atoms with E-state index < -0.39 is 18.4 Å². The Hall–Kier alpha value is -1.47. The minimum Gasteiger partial charge on any atom is -0.491 e. The van der Waals surface area contributed by atoms with Crippen molar-refractivity contribution in [1.29, 1.82) is 0 Å². The van der Waals surface area contributed by atoms with E-state index in [1.807, 2.05) is 0 Å². The Kier molecular flexibility index (Phi) is 4.95. The van der Waals surface area contributed by atoms with Crippen LogP contribution in [-0.4, -0.2) is 43.3 Å². The first-order valence-electron chi connectivity index (χ1n) is 6.59. The predicted octanol–water partition coefficient (Wildman–Crippen LogP) is 2.55. The smallest absolute Gasteiger partial charge is 0.422 e. The SMILES string of the molecule is OC1(COc2ccc(OCC(F)(F)F)cc2)CCOCC1. The van der Waals surface area contributed by atoms with E-state index >= 15 is 0 Å². The van der Waals surface area contributed by atoms with Gasteiger partial charge >= 0.3 is 6.18 Å². The Balaban J connectivity index is 1.82. The molecule has 0 unspecified atom stereocenters. The number of halogens is 3. The van der Waals surface area contributed by atoms with Crippen LogP contribution < -0.4 is 9.47 Å². The molecule has 1 N–H and O–H groups in total. The quantitative estimate of drug-likeness (QED) is 0.908. The Bertz CT molecular complexity index is 439. The van der Waals surface area contributed by atoms with Crippen molar-refractivity contribution in [2.24, 2.45) is 0 Å². The maximum atomic E-state index is 12.0. The van der Waals surface area contributed by atoms with Gasteiger partial charge in [0, 0.05) is 26.1 Å². The molecule has 0 atom stereocenters. The van der Waals surface area contributed by atoms with Crippen LogP contribution in [0.1, 0.15) is 12.8 Å². The number of ether oxygens (including phenoxy) is 3. The highest BCUT2D eigenvalue weighted by molar-refractivity contribution is 5.31. The highest BCUT2D eigenvalue weighted by Gasteiger charge is 2.31. The van der Waals surface area contributed by atoms with Crippen LogP contribution in [0.4, 0.5) is 13.2 Å². The Morgan fingerprint density at radius 2 is 1.57 bits per heavy atom. The second-order valence-corrected chi connectivity index (χ2v) is 5.00. The van der Waals surface area contributed by atoms with Crippen LogP contribution in [0.2, 0.25) is 0 Å². The van der Waals surface area contributed by atoms with Crippen molar-refractivity contribution in [1.82, 2.24) is 0 Å². The summed E-state index contributed by atoms with van der Waals surface area (Å²) in [5.41, 5.74) is -0.913. The lowest BCUT2D eigenvalue weighted by atomic mass is 9.96. The standard InChI is InChI=1S/C14H17F3O4/c15-14(16,17)10-21-12-3-1-11(2-4-12)20-9-13(18)5-7-19-8-6-13/h1-4,18H,5-10H2. The van der Waals surface area contributed by atoms with Crippen molar-refractivity contribution in [3.05, 3.63) is 24.3 Å². The average molecular weight is 306 g/mol. The second kappa shape index (κ2) is 6.53. The van der Waals surface area contributed by atoms with E-state index in [2.05, 4.69) is 4.74 Å². The van der Waals surface area contributed by atoms with Crippen molar-refractivity contribution in [3.8, 4) is 11.5 Å². The van der Waals surface area contributed by atoms with Crippen molar-refractivity contribution in [2.45, 2.75) is 24.6 Å². The van der Waals surface area contributed by atoms with E-state index in [0.717, 1.165) is 0 Å². The summed E-state index contributed by atoms with van der Waals surface area (Å²) in [7, 11) is 0. The zero-order valence-electron chi connectivity index (χ0n) is 11.4. The summed E-state index contributed by atoms with van der Waals surface area (Å²) in [4.78, 5) is 0. The Morgan fingerprint density at radius 3 is 2.10 bits per heavy atom. The van der Waals surface area contributed by atoms with Crippen LogP contribution in [0.3, 0.4) is 0 Å². The van der Waals surface area contributed by atoms with Crippen LogP contribution >= 0.6 is 0 Å². The van der Waals surface area contributed by atoms with Gasteiger partial charge < -0.3 is 19.3 Å². The Labute approximate surface area is 120 Å². The number of hydrogen-bond donors (Lipinski definition) is 1. The molecule has 0 saturated carbocycles. The fourth-order valence-electron chi connectivity index (χ4n) is 1.91. The van der Waals surface area contributed by atoms with E-state index in [9.17, 15) is 18.3 Å². The van der Waals surface area contributed by atoms with E-state index in [1.165, 1.54) is 24.3 Å². The van der Waals surface area contributed by atoms with E-state index in [4.69, 9.17) is 9.47 Å². The average Bonchev–Trinajstić information content (AvgIpc) is 2.44. The zero-order valence-corrected chi connectivity index (χ0v) is 11.4. The number of aliphatic hydroxyl groups is 1. The Morgan fingerprint density at radius 1 is 1.05 bits per heavy atom. The van der Waals surface area contributed by atoms with Crippen molar-refractivity contribution in [3.63, 3.8) is 0 Å². The molecule has 1 fully saturated rings. The molecule has 0 aliphatic carbocycles. The van der Waals surface area contributed by atoms with Gasteiger partial charge in [-0.3, -0.25) is 0 Å². The molecule has 0 spiro atoms. The monoisotopic (exact) mass is 306 g/mol. The summed E-state index contributed by atoms with van der Waals surface area (Å²) in [5.74, 6) is 0.582. The fourth-order valence-corrected chi connectivity index (χ4v) is 1.91. The molecule has 1 heterocycles. The number of benzene rings is 1. The van der Waals surface area contributed by atoms with E-state index in [-0.39, 0.29) is 12.4 Å². The summed E-state index contributed by atoms with van der Waals surface area (Å²) >= 11 is 0. The molecule has 2 rings (SSSR count). The molecule has 1 aromatic carbocycles. The molecule has 7 heteroatoms. The first-order chi connectivity index (χ1) is 9.86. The minimum absolute atomic E-state index is 0.115. The van der Waals surface area contributed by atoms with Gasteiger partial charge in [-0.2, -0.15) is 13.2 Å². The van der Waals surface area contributed by atoms with Crippen LogP contribution in [0, 0.1) is 0 Å². The van der Waals surface area contributed by atoms with Gasteiger partial charge in [-0.25, -0.2) is 0 Å². The predicted molar refractivity (Wildman–Crippen MR) is 68.5 cm³/mol.